The molecule has 1 heterocycles. The highest BCUT2D eigenvalue weighted by molar-refractivity contribution is 5.98. The van der Waals surface area contributed by atoms with E-state index in [0.29, 0.717) is 10.2 Å². The Bertz CT molecular complexity index is 1150. The van der Waals surface area contributed by atoms with Gasteiger partial charge in [-0.05, 0) is 51.0 Å². The number of benzene rings is 1. The third kappa shape index (κ3) is 7.24. The van der Waals surface area contributed by atoms with Crippen LogP contribution in [0, 0.1) is 5.92 Å². The van der Waals surface area contributed by atoms with Crippen molar-refractivity contribution in [3.8, 4) is 11.3 Å². The number of nitrogens with zero attached hydrogens (tertiary/aromatic N) is 2. The number of alkyl halides is 2. The molecule has 2 rings (SSSR count). The predicted molar refractivity (Wildman–Crippen MR) is 132 cm³/mol. The summed E-state index contributed by atoms with van der Waals surface area (Å²) in [6.07, 6.45) is 3.55. The number of hydrogen-bond acceptors (Lipinski definition) is 5. The van der Waals surface area contributed by atoms with E-state index in [9.17, 15) is 23.2 Å². The number of amides is 3. The van der Waals surface area contributed by atoms with Gasteiger partial charge in [0.05, 0.1) is 29.5 Å². The number of rotatable bonds is 10. The minimum atomic E-state index is -3.05. The second-order valence-electron chi connectivity index (χ2n) is 9.07. The van der Waals surface area contributed by atoms with Gasteiger partial charge in [0.2, 0.25) is 11.8 Å². The van der Waals surface area contributed by atoms with E-state index in [0.717, 1.165) is 6.20 Å². The van der Waals surface area contributed by atoms with Crippen molar-refractivity contribution in [3.05, 3.63) is 60.8 Å². The number of anilines is 1. The molecule has 2 aromatic rings. The first-order valence-electron chi connectivity index (χ1n) is 11.1. The zero-order chi connectivity index (χ0) is 27.2. The maximum absolute atomic E-state index is 13.9. The van der Waals surface area contributed by atoms with Gasteiger partial charge in [0.15, 0.2) is 0 Å². The Morgan fingerprint density at radius 3 is 2.42 bits per heavy atom. The average molecular weight is 504 g/mol. The fourth-order valence-electron chi connectivity index (χ4n) is 3.27. The Morgan fingerprint density at radius 2 is 1.89 bits per heavy atom. The topological polar surface area (TPSA) is 128 Å². The first-order chi connectivity index (χ1) is 16.8. The first-order valence-corrected chi connectivity index (χ1v) is 11.1. The summed E-state index contributed by atoms with van der Waals surface area (Å²) < 4.78 is 33.4. The molecule has 0 aliphatic rings. The molecular formula is C25H31F2N5O4. The predicted octanol–water partition coefficient (Wildman–Crippen LogP) is 4.95. The summed E-state index contributed by atoms with van der Waals surface area (Å²) in [5.74, 6) is -1.90. The van der Waals surface area contributed by atoms with Crippen LogP contribution in [0.3, 0.4) is 0 Å². The van der Waals surface area contributed by atoms with Gasteiger partial charge in [-0.1, -0.05) is 19.1 Å². The number of primary amides is 1. The number of nitrogens with one attached hydrogen (secondary N) is 2. The van der Waals surface area contributed by atoms with E-state index in [1.807, 2.05) is 0 Å². The number of nitrogens with two attached hydrogens (primary N) is 1. The van der Waals surface area contributed by atoms with Crippen molar-refractivity contribution in [3.63, 3.8) is 0 Å². The Kier molecular flexibility index (Phi) is 9.10. The third-order valence-corrected chi connectivity index (χ3v) is 5.01. The number of hydrogen-bond donors (Lipinski definition) is 3. The fourth-order valence-corrected chi connectivity index (χ4v) is 3.27. The molecule has 0 saturated carbocycles. The summed E-state index contributed by atoms with van der Waals surface area (Å²) >= 11 is 0. The highest BCUT2D eigenvalue weighted by Gasteiger charge is 2.25. The van der Waals surface area contributed by atoms with E-state index >= 15 is 0 Å². The summed E-state index contributed by atoms with van der Waals surface area (Å²) in [7, 11) is 0. The van der Waals surface area contributed by atoms with Crippen LogP contribution in [0.15, 0.2) is 49.7 Å². The minimum absolute atomic E-state index is 0.00121. The van der Waals surface area contributed by atoms with Crippen molar-refractivity contribution < 1.29 is 27.9 Å². The van der Waals surface area contributed by atoms with E-state index < -0.39 is 42.0 Å². The number of aromatic nitrogens is 2. The molecule has 0 aliphatic carbocycles. The second-order valence-corrected chi connectivity index (χ2v) is 9.07. The molecule has 0 fully saturated rings. The van der Waals surface area contributed by atoms with E-state index in [4.69, 9.17) is 10.5 Å². The standard InChI is InChI=1S/C25H31F2N5O4/c1-7-9-18(31-24(35)36-25(4,5)6)15-10-16(12-17(11-15)21(28)33)20-19(13-29-32(20)23(26)27)30-22(34)14(3)8-2/h7-8,10-14,18,23H,1-2,9H2,3-6H3,(H2,28,33)(H,30,34)(H,31,35). The zero-order valence-electron chi connectivity index (χ0n) is 20.7. The molecule has 1 aromatic carbocycles. The quantitative estimate of drug-likeness (QED) is 0.395. The van der Waals surface area contributed by atoms with Crippen molar-refractivity contribution in [2.45, 2.75) is 52.3 Å². The lowest BCUT2D eigenvalue weighted by molar-refractivity contribution is -0.118. The highest BCUT2D eigenvalue weighted by Crippen LogP contribution is 2.34. The summed E-state index contributed by atoms with van der Waals surface area (Å²) in [6.45, 7) is 10.9. The van der Waals surface area contributed by atoms with Crippen LogP contribution in [0.4, 0.5) is 19.3 Å². The molecule has 2 atom stereocenters. The molecule has 194 valence electrons. The van der Waals surface area contributed by atoms with Gasteiger partial charge in [-0.25, -0.2) is 9.48 Å². The summed E-state index contributed by atoms with van der Waals surface area (Å²) in [5.41, 5.74) is 5.12. The first kappa shape index (κ1) is 28.2. The molecule has 3 amide bonds. The molecule has 2 unspecified atom stereocenters. The Hall–Kier alpha value is -4.02. The van der Waals surface area contributed by atoms with Crippen LogP contribution < -0.4 is 16.4 Å². The normalized spacial score (nSPS) is 13.0. The number of ether oxygens (including phenoxy) is 1. The molecule has 9 nitrogen and oxygen atoms in total. The number of carbonyl (C=O) groups excluding carboxylic acids is 3. The van der Waals surface area contributed by atoms with E-state index in [1.54, 1.807) is 33.8 Å². The van der Waals surface area contributed by atoms with Crippen LogP contribution in [0.5, 0.6) is 0 Å². The van der Waals surface area contributed by atoms with Gasteiger partial charge in [-0.3, -0.25) is 9.59 Å². The molecule has 0 saturated heterocycles. The maximum Gasteiger partial charge on any atom is 0.408 e. The Morgan fingerprint density at radius 1 is 1.22 bits per heavy atom. The average Bonchev–Trinajstić information content (AvgIpc) is 3.20. The SMILES string of the molecule is C=CCC(NC(=O)OC(C)(C)C)c1cc(C(N)=O)cc(-c2c(NC(=O)C(C)C=C)cnn2C(F)F)c1. The molecule has 4 N–H and O–H groups in total. The molecule has 0 aliphatic heterocycles. The third-order valence-electron chi connectivity index (χ3n) is 5.01. The smallest absolute Gasteiger partial charge is 0.408 e. The lowest BCUT2D eigenvalue weighted by Gasteiger charge is -2.24. The highest BCUT2D eigenvalue weighted by atomic mass is 19.3. The van der Waals surface area contributed by atoms with Gasteiger partial charge in [-0.15, -0.1) is 13.2 Å². The Labute approximate surface area is 208 Å². The molecule has 11 heteroatoms. The summed E-state index contributed by atoms with van der Waals surface area (Å²) in [5, 5.41) is 8.98. The zero-order valence-corrected chi connectivity index (χ0v) is 20.7. The second kappa shape index (κ2) is 11.6. The molecule has 1 aromatic heterocycles. The summed E-state index contributed by atoms with van der Waals surface area (Å²) in [4.78, 5) is 37.0. The molecule has 0 spiro atoms. The van der Waals surface area contributed by atoms with E-state index in [2.05, 4.69) is 28.9 Å². The lowest BCUT2D eigenvalue weighted by Crippen LogP contribution is -2.35. The van der Waals surface area contributed by atoms with Crippen LogP contribution in [0.1, 0.15) is 62.6 Å². The molecule has 0 radical (unpaired) electrons. The van der Waals surface area contributed by atoms with Gasteiger partial charge in [0.25, 0.3) is 0 Å². The minimum Gasteiger partial charge on any atom is -0.444 e. The number of halogens is 2. The van der Waals surface area contributed by atoms with Gasteiger partial charge >= 0.3 is 12.6 Å². The van der Waals surface area contributed by atoms with E-state index in [1.165, 1.54) is 24.3 Å². The largest absolute Gasteiger partial charge is 0.444 e. The van der Waals surface area contributed by atoms with Crippen molar-refractivity contribution in [2.75, 3.05) is 5.32 Å². The van der Waals surface area contributed by atoms with Crippen LogP contribution in [-0.4, -0.2) is 33.3 Å². The number of alkyl carbamates (subject to hydrolysis) is 1. The van der Waals surface area contributed by atoms with Crippen LogP contribution >= 0.6 is 0 Å². The lowest BCUT2D eigenvalue weighted by atomic mass is 9.96. The van der Waals surface area contributed by atoms with Gasteiger partial charge in [0, 0.05) is 11.1 Å². The number of carbonyl (C=O) groups is 3. The van der Waals surface area contributed by atoms with Crippen molar-refractivity contribution >= 4 is 23.6 Å². The summed E-state index contributed by atoms with van der Waals surface area (Å²) in [6, 6.07) is 3.53. The van der Waals surface area contributed by atoms with Crippen molar-refractivity contribution in [1.82, 2.24) is 15.1 Å². The maximum atomic E-state index is 13.9. The van der Waals surface area contributed by atoms with Crippen molar-refractivity contribution in [2.24, 2.45) is 11.7 Å². The molecule has 36 heavy (non-hydrogen) atoms. The molecule has 0 bridgehead atoms. The van der Waals surface area contributed by atoms with Crippen LogP contribution in [-0.2, 0) is 9.53 Å². The van der Waals surface area contributed by atoms with Crippen LogP contribution in [0.2, 0.25) is 0 Å². The van der Waals surface area contributed by atoms with E-state index in [-0.39, 0.29) is 28.9 Å². The van der Waals surface area contributed by atoms with Gasteiger partial charge in [-0.2, -0.15) is 13.9 Å². The monoisotopic (exact) mass is 503 g/mol. The molecular weight excluding hydrogens is 472 g/mol. The van der Waals surface area contributed by atoms with Gasteiger partial charge < -0.3 is 21.1 Å². The van der Waals surface area contributed by atoms with Crippen molar-refractivity contribution in [1.29, 1.82) is 0 Å². The van der Waals surface area contributed by atoms with Crippen LogP contribution in [0.25, 0.3) is 11.3 Å². The van der Waals surface area contributed by atoms with Gasteiger partial charge in [0.1, 0.15) is 5.60 Å². The Balaban J connectivity index is 2.65. The fraction of sp³-hybridized carbons (Fsp3) is 0.360.